The molecule has 0 bridgehead atoms. The Kier molecular flexibility index (Phi) is 5.04. The van der Waals surface area contributed by atoms with Gasteiger partial charge in [-0.1, -0.05) is 30.3 Å². The number of aromatic amines is 1. The van der Waals surface area contributed by atoms with Crippen LogP contribution < -0.4 is 5.32 Å². The summed E-state index contributed by atoms with van der Waals surface area (Å²) in [5.74, 6) is 0.0952. The normalized spacial score (nSPS) is 17.3. The molecule has 0 spiro atoms. The summed E-state index contributed by atoms with van der Waals surface area (Å²) in [6.45, 7) is 2.05. The lowest BCUT2D eigenvalue weighted by atomic mass is 10.1. The van der Waals surface area contributed by atoms with Gasteiger partial charge in [-0.25, -0.2) is 4.98 Å². The molecule has 1 fully saturated rings. The molecular formula is C23H24N4OS. The fraction of sp³-hybridized carbons (Fsp3) is 0.304. The van der Waals surface area contributed by atoms with Gasteiger partial charge in [0.05, 0.1) is 22.8 Å². The first-order chi connectivity index (χ1) is 14.3. The van der Waals surface area contributed by atoms with E-state index in [1.165, 1.54) is 15.6 Å². The van der Waals surface area contributed by atoms with E-state index < -0.39 is 0 Å². The number of carbonyl (C=O) groups excluding carboxylic acids is 1. The second-order valence-corrected chi connectivity index (χ2v) is 8.67. The van der Waals surface area contributed by atoms with Crippen molar-refractivity contribution < 1.29 is 4.79 Å². The molecular weight excluding hydrogens is 380 g/mol. The van der Waals surface area contributed by atoms with Gasteiger partial charge in [-0.05, 0) is 49.6 Å². The molecule has 1 saturated heterocycles. The van der Waals surface area contributed by atoms with Gasteiger partial charge in [0.15, 0.2) is 0 Å². The van der Waals surface area contributed by atoms with Crippen LogP contribution in [0.3, 0.4) is 0 Å². The third kappa shape index (κ3) is 3.78. The number of fused-ring (bicyclic) bond motifs is 2. The Hall–Kier alpha value is -2.70. The summed E-state index contributed by atoms with van der Waals surface area (Å²) in [6.07, 6.45) is 5.06. The van der Waals surface area contributed by atoms with Gasteiger partial charge in [0.25, 0.3) is 0 Å². The number of hydrogen-bond donors (Lipinski definition) is 2. The smallest absolute Gasteiger partial charge is 0.234 e. The van der Waals surface area contributed by atoms with Gasteiger partial charge in [0, 0.05) is 23.6 Å². The predicted octanol–water partition coefficient (Wildman–Crippen LogP) is 4.27. The number of para-hydroxylation sites is 2. The van der Waals surface area contributed by atoms with E-state index in [1.54, 1.807) is 11.3 Å². The van der Waals surface area contributed by atoms with Crippen LogP contribution in [0.1, 0.15) is 29.5 Å². The van der Waals surface area contributed by atoms with Crippen LogP contribution in [0.2, 0.25) is 0 Å². The number of carbonyl (C=O) groups is 1. The fourth-order valence-electron chi connectivity index (χ4n) is 4.24. The minimum atomic E-state index is 0.0952. The Bertz CT molecular complexity index is 1110. The number of nitrogens with zero attached hydrogens (tertiary/aromatic N) is 2. The number of likely N-dealkylation sites (tertiary alicyclic amines) is 1. The molecule has 148 valence electrons. The first kappa shape index (κ1) is 18.3. The summed E-state index contributed by atoms with van der Waals surface area (Å²) in [7, 11) is 0. The van der Waals surface area contributed by atoms with Crippen LogP contribution in [-0.2, 0) is 11.2 Å². The van der Waals surface area contributed by atoms with Crippen molar-refractivity contribution in [2.75, 3.05) is 19.6 Å². The van der Waals surface area contributed by atoms with Crippen molar-refractivity contribution in [1.82, 2.24) is 20.2 Å². The number of aromatic nitrogens is 2. The molecule has 29 heavy (non-hydrogen) atoms. The van der Waals surface area contributed by atoms with Crippen molar-refractivity contribution in [3.05, 3.63) is 65.3 Å². The Morgan fingerprint density at radius 1 is 1.21 bits per heavy atom. The Morgan fingerprint density at radius 2 is 2.07 bits per heavy atom. The number of thiazole rings is 1. The topological polar surface area (TPSA) is 61.0 Å². The van der Waals surface area contributed by atoms with E-state index in [0.717, 1.165) is 41.8 Å². The molecule has 0 radical (unpaired) electrons. The maximum atomic E-state index is 12.6. The third-order valence-corrected chi connectivity index (χ3v) is 6.83. The summed E-state index contributed by atoms with van der Waals surface area (Å²) in [5.41, 5.74) is 3.45. The highest BCUT2D eigenvalue weighted by Gasteiger charge is 2.29. The average molecular weight is 405 g/mol. The molecule has 4 aromatic rings. The lowest BCUT2D eigenvalue weighted by molar-refractivity contribution is -0.122. The van der Waals surface area contributed by atoms with Gasteiger partial charge in [0.1, 0.15) is 5.01 Å². The Morgan fingerprint density at radius 3 is 3.00 bits per heavy atom. The van der Waals surface area contributed by atoms with E-state index in [2.05, 4.69) is 45.5 Å². The Labute approximate surface area is 173 Å². The number of nitrogens with one attached hydrogen (secondary N) is 2. The monoisotopic (exact) mass is 404 g/mol. The second-order valence-electron chi connectivity index (χ2n) is 7.61. The maximum Gasteiger partial charge on any atom is 0.234 e. The van der Waals surface area contributed by atoms with Gasteiger partial charge < -0.3 is 10.3 Å². The van der Waals surface area contributed by atoms with Gasteiger partial charge in [-0.15, -0.1) is 11.3 Å². The van der Waals surface area contributed by atoms with E-state index >= 15 is 0 Å². The van der Waals surface area contributed by atoms with Gasteiger partial charge >= 0.3 is 0 Å². The molecule has 1 amide bonds. The standard InChI is InChI=1S/C23H24N4OS/c28-22(24-12-11-16-14-25-18-7-2-1-6-17(16)18)15-27-13-5-9-20(27)23-26-19-8-3-4-10-21(19)29-23/h1-4,6-8,10,14,20,25H,5,9,11-13,15H2,(H,24,28)/t20-/m1/s1. The summed E-state index contributed by atoms with van der Waals surface area (Å²) in [6, 6.07) is 16.8. The van der Waals surface area contributed by atoms with Gasteiger partial charge in [-0.3, -0.25) is 9.69 Å². The molecule has 1 aliphatic heterocycles. The average Bonchev–Trinajstić information content (AvgIpc) is 3.46. The van der Waals surface area contributed by atoms with Crippen LogP contribution in [0.15, 0.2) is 54.7 Å². The minimum absolute atomic E-state index is 0.0952. The van der Waals surface area contributed by atoms with E-state index in [1.807, 2.05) is 24.4 Å². The summed E-state index contributed by atoms with van der Waals surface area (Å²) < 4.78 is 1.22. The second kappa shape index (κ2) is 7.97. The zero-order valence-corrected chi connectivity index (χ0v) is 17.0. The van der Waals surface area contributed by atoms with Gasteiger partial charge in [-0.2, -0.15) is 0 Å². The van der Waals surface area contributed by atoms with E-state index in [0.29, 0.717) is 13.1 Å². The van der Waals surface area contributed by atoms with Crippen molar-refractivity contribution in [2.24, 2.45) is 0 Å². The molecule has 0 unspecified atom stereocenters. The quantitative estimate of drug-likeness (QED) is 0.504. The van der Waals surface area contributed by atoms with Crippen molar-refractivity contribution in [2.45, 2.75) is 25.3 Å². The van der Waals surface area contributed by atoms with Crippen LogP contribution in [0.4, 0.5) is 0 Å². The van der Waals surface area contributed by atoms with Crippen LogP contribution in [-0.4, -0.2) is 40.4 Å². The molecule has 6 heteroatoms. The first-order valence-corrected chi connectivity index (χ1v) is 11.0. The molecule has 0 saturated carbocycles. The highest BCUT2D eigenvalue weighted by atomic mass is 32.1. The van der Waals surface area contributed by atoms with E-state index in [-0.39, 0.29) is 11.9 Å². The minimum Gasteiger partial charge on any atom is -0.361 e. The molecule has 2 aromatic heterocycles. The number of amides is 1. The van der Waals surface area contributed by atoms with E-state index in [9.17, 15) is 4.79 Å². The molecule has 2 N–H and O–H groups in total. The molecule has 0 aliphatic carbocycles. The number of rotatable bonds is 6. The van der Waals surface area contributed by atoms with Crippen LogP contribution in [0.5, 0.6) is 0 Å². The summed E-state index contributed by atoms with van der Waals surface area (Å²) in [4.78, 5) is 23.0. The van der Waals surface area contributed by atoms with E-state index in [4.69, 9.17) is 4.98 Å². The van der Waals surface area contributed by atoms with Crippen molar-refractivity contribution in [3.63, 3.8) is 0 Å². The summed E-state index contributed by atoms with van der Waals surface area (Å²) in [5, 5.41) is 5.47. The first-order valence-electron chi connectivity index (χ1n) is 10.2. The lowest BCUT2D eigenvalue weighted by Gasteiger charge is -2.22. The third-order valence-electron chi connectivity index (χ3n) is 5.70. The number of hydrogen-bond acceptors (Lipinski definition) is 4. The molecule has 2 aromatic carbocycles. The zero-order chi connectivity index (χ0) is 19.6. The van der Waals surface area contributed by atoms with Crippen molar-refractivity contribution in [1.29, 1.82) is 0 Å². The lowest BCUT2D eigenvalue weighted by Crippen LogP contribution is -2.37. The van der Waals surface area contributed by atoms with Crippen molar-refractivity contribution in [3.8, 4) is 0 Å². The molecule has 5 rings (SSSR count). The highest BCUT2D eigenvalue weighted by molar-refractivity contribution is 7.18. The summed E-state index contributed by atoms with van der Waals surface area (Å²) >= 11 is 1.75. The zero-order valence-electron chi connectivity index (χ0n) is 16.2. The highest BCUT2D eigenvalue weighted by Crippen LogP contribution is 2.36. The van der Waals surface area contributed by atoms with Gasteiger partial charge in [0.2, 0.25) is 5.91 Å². The van der Waals surface area contributed by atoms with Crippen molar-refractivity contribution >= 4 is 38.4 Å². The van der Waals surface area contributed by atoms with Crippen LogP contribution in [0.25, 0.3) is 21.1 Å². The largest absolute Gasteiger partial charge is 0.361 e. The van der Waals surface area contributed by atoms with Crippen LogP contribution >= 0.6 is 11.3 Å². The number of benzene rings is 2. The molecule has 3 heterocycles. The molecule has 1 aliphatic rings. The SMILES string of the molecule is O=C(CN1CCC[C@@H]1c1nc2ccccc2s1)NCCc1c[nH]c2ccccc12. The number of H-pyrrole nitrogens is 1. The predicted molar refractivity (Wildman–Crippen MR) is 118 cm³/mol. The maximum absolute atomic E-state index is 12.6. The molecule has 1 atom stereocenters. The van der Waals surface area contributed by atoms with Crippen LogP contribution in [0, 0.1) is 0 Å². The Balaban J connectivity index is 1.18. The fourth-order valence-corrected chi connectivity index (χ4v) is 5.38. The molecule has 5 nitrogen and oxygen atoms in total.